The first-order valence-electron chi connectivity index (χ1n) is 9.88. The Morgan fingerprint density at radius 1 is 1.21 bits per heavy atom. The molecule has 33 heavy (non-hydrogen) atoms. The van der Waals surface area contributed by atoms with E-state index < -0.39 is 60.2 Å². The number of carboxylic acids is 1. The highest BCUT2D eigenvalue weighted by Crippen LogP contribution is 2.38. The normalized spacial score (nSPS) is 17.0. The Balaban J connectivity index is 1.89. The van der Waals surface area contributed by atoms with Crippen molar-refractivity contribution in [3.8, 4) is 0 Å². The van der Waals surface area contributed by atoms with Crippen LogP contribution in [0.4, 0.5) is 23.7 Å². The maximum Gasteiger partial charge on any atom is 0.418 e. The van der Waals surface area contributed by atoms with E-state index in [-0.39, 0.29) is 23.6 Å². The van der Waals surface area contributed by atoms with Gasteiger partial charge in [0.25, 0.3) is 0 Å². The first-order chi connectivity index (χ1) is 15.5. The van der Waals surface area contributed by atoms with Crippen molar-refractivity contribution < 1.29 is 37.4 Å². The number of cyclic esters (lactones) is 1. The number of alkyl halides is 3. The van der Waals surface area contributed by atoms with Crippen molar-refractivity contribution in [1.29, 1.82) is 0 Å². The Hall–Kier alpha value is -3.27. The van der Waals surface area contributed by atoms with Gasteiger partial charge in [-0.2, -0.15) is 13.2 Å². The van der Waals surface area contributed by atoms with Gasteiger partial charge in [0.1, 0.15) is 6.61 Å². The Bertz CT molecular complexity index is 1060. The number of halogens is 4. The molecule has 1 aliphatic heterocycles. The minimum absolute atomic E-state index is 0.0340. The lowest BCUT2D eigenvalue weighted by molar-refractivity contribution is -0.143. The maximum atomic E-state index is 13.3. The van der Waals surface area contributed by atoms with Crippen molar-refractivity contribution in [3.05, 3.63) is 64.2 Å². The molecule has 0 aliphatic carbocycles. The van der Waals surface area contributed by atoms with E-state index in [4.69, 9.17) is 22.1 Å². The van der Waals surface area contributed by atoms with Crippen LogP contribution < -0.4 is 5.73 Å². The fourth-order valence-corrected chi connectivity index (χ4v) is 3.97. The molecule has 1 aliphatic rings. The van der Waals surface area contributed by atoms with Crippen molar-refractivity contribution in [2.45, 2.75) is 31.5 Å². The maximum absolute atomic E-state index is 13.3. The van der Waals surface area contributed by atoms with Crippen LogP contribution in [0.3, 0.4) is 0 Å². The van der Waals surface area contributed by atoms with Crippen molar-refractivity contribution in [3.63, 3.8) is 0 Å². The highest BCUT2D eigenvalue weighted by atomic mass is 35.5. The van der Waals surface area contributed by atoms with E-state index >= 15 is 0 Å². The summed E-state index contributed by atoms with van der Waals surface area (Å²) in [5.41, 5.74) is 4.38. The first kappa shape index (κ1) is 24.4. The number of carbonyl (C=O) groups is 3. The summed E-state index contributed by atoms with van der Waals surface area (Å²) in [6.45, 7) is -0.0782. The third kappa shape index (κ3) is 5.75. The van der Waals surface area contributed by atoms with Crippen molar-refractivity contribution in [2.24, 2.45) is 5.92 Å². The average Bonchev–Trinajstić information content (AvgIpc) is 3.09. The lowest BCUT2D eigenvalue weighted by Gasteiger charge is -2.25. The summed E-state index contributed by atoms with van der Waals surface area (Å²) in [4.78, 5) is 37.8. The van der Waals surface area contributed by atoms with Crippen LogP contribution in [0.15, 0.2) is 42.5 Å². The summed E-state index contributed by atoms with van der Waals surface area (Å²) in [7, 11) is 0. The molecule has 0 unspecified atom stereocenters. The first-order valence-corrected chi connectivity index (χ1v) is 10.3. The number of nitrogen functional groups attached to an aromatic ring is 1. The molecule has 2 aromatic carbocycles. The summed E-state index contributed by atoms with van der Waals surface area (Å²) in [6, 6.07) is 10.2. The van der Waals surface area contributed by atoms with Gasteiger partial charge < -0.3 is 15.6 Å². The van der Waals surface area contributed by atoms with Crippen LogP contribution >= 0.6 is 11.6 Å². The average molecular weight is 485 g/mol. The Morgan fingerprint density at radius 3 is 2.48 bits per heavy atom. The van der Waals surface area contributed by atoms with Crippen LogP contribution in [-0.2, 0) is 33.3 Å². The minimum atomic E-state index is -4.80. The number of rotatable bonds is 7. The van der Waals surface area contributed by atoms with E-state index in [0.29, 0.717) is 0 Å². The number of anilines is 1. The molecule has 0 radical (unpaired) electrons. The molecular formula is C22H20ClF3N2O5. The summed E-state index contributed by atoms with van der Waals surface area (Å²) >= 11 is 5.85. The van der Waals surface area contributed by atoms with Crippen molar-refractivity contribution in [2.75, 3.05) is 12.3 Å². The third-order valence-electron chi connectivity index (χ3n) is 5.26. The number of hydrogen-bond donors (Lipinski definition) is 2. The molecule has 7 nitrogen and oxygen atoms in total. The number of carbonyl (C=O) groups excluding carboxylic acids is 2. The predicted octanol–water partition coefficient (Wildman–Crippen LogP) is 4.16. The van der Waals surface area contributed by atoms with E-state index in [9.17, 15) is 32.7 Å². The number of nitrogens with zero attached hydrogens (tertiary/aromatic N) is 1. The fourth-order valence-electron chi connectivity index (χ4n) is 3.73. The van der Waals surface area contributed by atoms with Crippen LogP contribution in [0.5, 0.6) is 0 Å². The molecule has 2 amide bonds. The number of amides is 2. The molecule has 3 N–H and O–H groups in total. The van der Waals surface area contributed by atoms with Crippen LogP contribution in [-0.4, -0.2) is 40.6 Å². The summed E-state index contributed by atoms with van der Waals surface area (Å²) in [5, 5.41) is 8.92. The second-order valence-corrected chi connectivity index (χ2v) is 8.07. The van der Waals surface area contributed by atoms with Gasteiger partial charge in [-0.3, -0.25) is 9.59 Å². The number of benzene rings is 2. The van der Waals surface area contributed by atoms with Crippen molar-refractivity contribution >= 4 is 35.3 Å². The van der Waals surface area contributed by atoms with Gasteiger partial charge in [-0.25, -0.2) is 9.69 Å². The van der Waals surface area contributed by atoms with Crippen LogP contribution in [0, 0.1) is 5.92 Å². The summed E-state index contributed by atoms with van der Waals surface area (Å²) in [6.07, 6.45) is -6.54. The Labute approximate surface area is 191 Å². The summed E-state index contributed by atoms with van der Waals surface area (Å²) < 4.78 is 44.9. The molecule has 1 fully saturated rings. The lowest BCUT2D eigenvalue weighted by Crippen LogP contribution is -2.44. The zero-order chi connectivity index (χ0) is 24.3. The molecule has 0 spiro atoms. The number of aliphatic carboxylic acids is 1. The fraction of sp³-hybridized carbons (Fsp3) is 0.318. The topological polar surface area (TPSA) is 110 Å². The highest BCUT2D eigenvalue weighted by molar-refractivity contribution is 6.33. The highest BCUT2D eigenvalue weighted by Gasteiger charge is 2.42. The molecular weight excluding hydrogens is 465 g/mol. The molecule has 0 bridgehead atoms. The number of hydrogen-bond acceptors (Lipinski definition) is 5. The van der Waals surface area contributed by atoms with Crippen molar-refractivity contribution in [1.82, 2.24) is 4.90 Å². The number of nitrogens with two attached hydrogens (primary N) is 1. The van der Waals surface area contributed by atoms with Gasteiger partial charge >= 0.3 is 18.2 Å². The van der Waals surface area contributed by atoms with Crippen LogP contribution in [0.2, 0.25) is 5.02 Å². The van der Waals surface area contributed by atoms with Gasteiger partial charge in [-0.1, -0.05) is 41.9 Å². The zero-order valence-corrected chi connectivity index (χ0v) is 17.9. The predicted molar refractivity (Wildman–Crippen MR) is 112 cm³/mol. The second-order valence-electron chi connectivity index (χ2n) is 7.66. The smallest absolute Gasteiger partial charge is 0.418 e. The third-order valence-corrected chi connectivity index (χ3v) is 5.57. The minimum Gasteiger partial charge on any atom is -0.481 e. The molecule has 176 valence electrons. The van der Waals surface area contributed by atoms with E-state index in [2.05, 4.69) is 0 Å². The second kappa shape index (κ2) is 9.70. The van der Waals surface area contributed by atoms with E-state index in [1.807, 2.05) is 0 Å². The van der Waals surface area contributed by atoms with E-state index in [1.165, 1.54) is 0 Å². The van der Waals surface area contributed by atoms with Gasteiger partial charge in [0.2, 0.25) is 5.91 Å². The molecule has 0 aromatic heterocycles. The number of carboxylic acid groups (broad SMARTS) is 1. The van der Waals surface area contributed by atoms with Gasteiger partial charge in [0.15, 0.2) is 0 Å². The van der Waals surface area contributed by atoms with Gasteiger partial charge in [-0.05, 0) is 36.1 Å². The SMILES string of the molecule is Nc1c(Cl)cc(C[C@@H](CC(=O)O)C(=O)N2C(=O)OC[C@H]2Cc2ccccc2)cc1C(F)(F)F. The molecule has 1 heterocycles. The molecule has 2 aromatic rings. The molecule has 2 atom stereocenters. The number of imide groups is 1. The lowest BCUT2D eigenvalue weighted by atomic mass is 9.92. The van der Waals surface area contributed by atoms with Gasteiger partial charge in [-0.15, -0.1) is 0 Å². The quantitative estimate of drug-likeness (QED) is 0.571. The Morgan fingerprint density at radius 2 is 1.88 bits per heavy atom. The Kier molecular flexibility index (Phi) is 7.16. The number of ether oxygens (including phenoxy) is 1. The van der Waals surface area contributed by atoms with Gasteiger partial charge in [0.05, 0.1) is 34.7 Å². The molecule has 11 heteroatoms. The molecule has 0 saturated carbocycles. The standard InChI is InChI=1S/C22H20ClF3N2O5/c23-17-9-13(8-16(19(17)27)22(24,25)26)6-14(10-18(29)30)20(31)28-15(11-33-21(28)32)7-12-4-2-1-3-5-12/h1-5,8-9,14-15H,6-7,10-11,27H2,(H,29,30)/t14-,15+/m0/s1. The summed E-state index contributed by atoms with van der Waals surface area (Å²) in [5.74, 6) is -3.52. The van der Waals surface area contributed by atoms with Gasteiger partial charge in [0, 0.05) is 0 Å². The van der Waals surface area contributed by atoms with E-state index in [1.54, 1.807) is 30.3 Å². The monoisotopic (exact) mass is 484 g/mol. The largest absolute Gasteiger partial charge is 0.481 e. The zero-order valence-electron chi connectivity index (χ0n) is 17.1. The van der Waals surface area contributed by atoms with Crippen LogP contribution in [0.25, 0.3) is 0 Å². The van der Waals surface area contributed by atoms with Crippen LogP contribution in [0.1, 0.15) is 23.1 Å². The van der Waals surface area contributed by atoms with E-state index in [0.717, 1.165) is 22.6 Å². The molecule has 3 rings (SSSR count). The molecule has 1 saturated heterocycles.